The molecule has 3 aromatic rings. The molecule has 1 N–H and O–H groups in total. The first-order valence-corrected chi connectivity index (χ1v) is 8.17. The lowest BCUT2D eigenvalue weighted by Crippen LogP contribution is -2.14. The van der Waals surface area contributed by atoms with E-state index in [2.05, 4.69) is 20.6 Å². The summed E-state index contributed by atoms with van der Waals surface area (Å²) in [6.45, 7) is 0.165. The molecule has 13 heteroatoms. The molecule has 154 valence electrons. The normalized spacial score (nSPS) is 11.5. The van der Waals surface area contributed by atoms with E-state index in [0.717, 1.165) is 0 Å². The minimum Gasteiger partial charge on any atom is -0.493 e. The van der Waals surface area contributed by atoms with Gasteiger partial charge < -0.3 is 14.8 Å². The number of methoxy groups -OCH3 is 2. The average molecular weight is 412 g/mol. The molecular formula is C16H15F3N6O4. The number of anilines is 1. The van der Waals surface area contributed by atoms with Crippen LogP contribution < -0.4 is 14.8 Å². The molecule has 0 radical (unpaired) electrons. The van der Waals surface area contributed by atoms with Crippen LogP contribution in [0.15, 0.2) is 24.3 Å². The van der Waals surface area contributed by atoms with Crippen molar-refractivity contribution in [2.75, 3.05) is 26.1 Å². The van der Waals surface area contributed by atoms with Gasteiger partial charge in [-0.2, -0.15) is 17.7 Å². The van der Waals surface area contributed by atoms with Crippen LogP contribution in [0.4, 0.5) is 24.7 Å². The molecule has 29 heavy (non-hydrogen) atoms. The second kappa shape index (κ2) is 7.77. The van der Waals surface area contributed by atoms with Gasteiger partial charge >= 0.3 is 6.18 Å². The number of aromatic nitrogens is 4. The van der Waals surface area contributed by atoms with Crippen molar-refractivity contribution in [1.29, 1.82) is 0 Å². The van der Waals surface area contributed by atoms with Gasteiger partial charge in [0, 0.05) is 12.1 Å². The largest absolute Gasteiger partial charge is 0.493 e. The molecule has 0 aliphatic carbocycles. The summed E-state index contributed by atoms with van der Waals surface area (Å²) in [5, 5.41) is 24.5. The highest BCUT2D eigenvalue weighted by molar-refractivity contribution is 5.54. The molecule has 0 aliphatic rings. The monoisotopic (exact) mass is 412 g/mol. The molecule has 0 atom stereocenters. The molecule has 0 aliphatic heterocycles. The van der Waals surface area contributed by atoms with Gasteiger partial charge in [0.15, 0.2) is 17.1 Å². The number of hydrogen-bond acceptors (Lipinski definition) is 8. The molecule has 0 unspecified atom stereocenters. The van der Waals surface area contributed by atoms with Gasteiger partial charge in [-0.05, 0) is 24.6 Å². The molecule has 0 amide bonds. The van der Waals surface area contributed by atoms with Crippen molar-refractivity contribution in [3.63, 3.8) is 0 Å². The number of fused-ring (bicyclic) bond motifs is 1. The van der Waals surface area contributed by atoms with Gasteiger partial charge in [0.25, 0.3) is 11.5 Å². The molecule has 0 spiro atoms. The first-order chi connectivity index (χ1) is 13.7. The number of ether oxygens (including phenoxy) is 2. The second-order valence-electron chi connectivity index (χ2n) is 5.78. The molecule has 3 rings (SSSR count). The van der Waals surface area contributed by atoms with E-state index in [-0.39, 0.29) is 35.9 Å². The van der Waals surface area contributed by atoms with Gasteiger partial charge in [-0.3, -0.25) is 10.1 Å². The Morgan fingerprint density at radius 2 is 1.86 bits per heavy atom. The van der Waals surface area contributed by atoms with Crippen LogP contribution in [0.25, 0.3) is 5.65 Å². The minimum atomic E-state index is -4.70. The van der Waals surface area contributed by atoms with E-state index < -0.39 is 16.9 Å². The molecule has 2 aromatic heterocycles. The number of nitro groups is 1. The number of hydrogen-bond donors (Lipinski definition) is 1. The predicted molar refractivity (Wildman–Crippen MR) is 94.2 cm³/mol. The van der Waals surface area contributed by atoms with Crippen molar-refractivity contribution in [1.82, 2.24) is 19.8 Å². The van der Waals surface area contributed by atoms with Crippen molar-refractivity contribution >= 4 is 17.2 Å². The van der Waals surface area contributed by atoms with E-state index in [0.29, 0.717) is 15.8 Å². The standard InChI is InChI=1S/C16H15F3N6O4/c1-28-11-7-9(10(25(26)27)8-12(11)29-2)5-6-20-13-3-4-14-21-22-15(16(17,18)19)24(14)23-13/h3-4,7-8H,5-6H2,1-2H3,(H,20,23). The minimum absolute atomic E-state index is 0.0570. The van der Waals surface area contributed by atoms with Gasteiger partial charge in [0.2, 0.25) is 0 Å². The topological polar surface area (TPSA) is 117 Å². The van der Waals surface area contributed by atoms with Crippen molar-refractivity contribution in [3.8, 4) is 11.5 Å². The lowest BCUT2D eigenvalue weighted by atomic mass is 10.1. The van der Waals surface area contributed by atoms with Crippen LogP contribution in [-0.2, 0) is 12.6 Å². The van der Waals surface area contributed by atoms with E-state index in [9.17, 15) is 23.3 Å². The Morgan fingerprint density at radius 1 is 1.17 bits per heavy atom. The third-order valence-corrected chi connectivity index (χ3v) is 4.00. The SMILES string of the molecule is COc1cc(CCNc2ccc3nnc(C(F)(F)F)n3n2)c([N+](=O)[O-])cc1OC. The number of nitrogens with one attached hydrogen (secondary N) is 1. The highest BCUT2D eigenvalue weighted by atomic mass is 19.4. The lowest BCUT2D eigenvalue weighted by Gasteiger charge is -2.11. The number of nitrogens with zero attached hydrogens (tertiary/aromatic N) is 5. The van der Waals surface area contributed by atoms with Gasteiger partial charge in [-0.1, -0.05) is 0 Å². The summed E-state index contributed by atoms with van der Waals surface area (Å²) in [5.41, 5.74) is 0.144. The second-order valence-corrected chi connectivity index (χ2v) is 5.78. The summed E-state index contributed by atoms with van der Waals surface area (Å²) < 4.78 is 49.6. The lowest BCUT2D eigenvalue weighted by molar-refractivity contribution is -0.385. The maximum absolute atomic E-state index is 12.9. The predicted octanol–water partition coefficient (Wildman–Crippen LogP) is 2.72. The van der Waals surface area contributed by atoms with Gasteiger partial charge in [-0.15, -0.1) is 15.3 Å². The summed E-state index contributed by atoms with van der Waals surface area (Å²) in [5.74, 6) is -0.570. The van der Waals surface area contributed by atoms with Gasteiger partial charge in [0.05, 0.1) is 25.2 Å². The molecule has 2 heterocycles. The van der Waals surface area contributed by atoms with E-state index in [1.165, 1.54) is 38.5 Å². The number of benzene rings is 1. The van der Waals surface area contributed by atoms with Crippen LogP contribution in [0.5, 0.6) is 11.5 Å². The summed E-state index contributed by atoms with van der Waals surface area (Å²) in [4.78, 5) is 10.8. The highest BCUT2D eigenvalue weighted by Gasteiger charge is 2.37. The van der Waals surface area contributed by atoms with Crippen LogP contribution in [0, 0.1) is 10.1 Å². The Balaban J connectivity index is 1.80. The molecule has 1 aromatic carbocycles. The molecule has 0 saturated carbocycles. The van der Waals surface area contributed by atoms with Gasteiger partial charge in [0.1, 0.15) is 5.82 Å². The molecule has 0 fully saturated rings. The van der Waals surface area contributed by atoms with E-state index in [1.54, 1.807) is 0 Å². The maximum Gasteiger partial charge on any atom is 0.453 e. The fraction of sp³-hybridized carbons (Fsp3) is 0.312. The van der Waals surface area contributed by atoms with Crippen LogP contribution in [-0.4, -0.2) is 45.5 Å². The third kappa shape index (κ3) is 4.12. The Bertz CT molecular complexity index is 1050. The molecule has 0 bridgehead atoms. The van der Waals surface area contributed by atoms with Crippen molar-refractivity contribution < 1.29 is 27.6 Å². The smallest absolute Gasteiger partial charge is 0.453 e. The maximum atomic E-state index is 12.9. The van der Waals surface area contributed by atoms with Crippen LogP contribution in [0.1, 0.15) is 11.4 Å². The van der Waals surface area contributed by atoms with Crippen LogP contribution in [0.3, 0.4) is 0 Å². The highest BCUT2D eigenvalue weighted by Crippen LogP contribution is 2.34. The Labute approximate surface area is 161 Å². The van der Waals surface area contributed by atoms with Crippen molar-refractivity contribution in [3.05, 3.63) is 45.8 Å². The number of halogens is 3. The van der Waals surface area contributed by atoms with Crippen LogP contribution in [0.2, 0.25) is 0 Å². The number of nitro benzene ring substituents is 1. The number of rotatable bonds is 7. The van der Waals surface area contributed by atoms with Crippen molar-refractivity contribution in [2.45, 2.75) is 12.6 Å². The molecular weight excluding hydrogens is 397 g/mol. The average Bonchev–Trinajstić information content (AvgIpc) is 3.11. The summed E-state index contributed by atoms with van der Waals surface area (Å²) in [6.07, 6.45) is -4.52. The van der Waals surface area contributed by atoms with E-state index >= 15 is 0 Å². The summed E-state index contributed by atoms with van der Waals surface area (Å²) in [7, 11) is 2.77. The fourth-order valence-electron chi connectivity index (χ4n) is 2.67. The Hall–Kier alpha value is -3.64. The zero-order chi connectivity index (χ0) is 21.2. The van der Waals surface area contributed by atoms with Gasteiger partial charge in [-0.25, -0.2) is 0 Å². The third-order valence-electron chi connectivity index (χ3n) is 4.00. The summed E-state index contributed by atoms with van der Waals surface area (Å²) in [6, 6.07) is 5.51. The first-order valence-electron chi connectivity index (χ1n) is 8.17. The Kier molecular flexibility index (Phi) is 5.39. The quantitative estimate of drug-likeness (QED) is 0.465. The van der Waals surface area contributed by atoms with Crippen LogP contribution >= 0.6 is 0 Å². The fourth-order valence-corrected chi connectivity index (χ4v) is 2.67. The zero-order valence-corrected chi connectivity index (χ0v) is 15.2. The van der Waals surface area contributed by atoms with E-state index in [1.807, 2.05) is 0 Å². The molecule has 0 saturated heterocycles. The summed E-state index contributed by atoms with van der Waals surface area (Å²) >= 11 is 0. The first kappa shape index (κ1) is 20.1. The molecule has 10 nitrogen and oxygen atoms in total. The van der Waals surface area contributed by atoms with Crippen molar-refractivity contribution in [2.24, 2.45) is 0 Å². The zero-order valence-electron chi connectivity index (χ0n) is 15.2. The van der Waals surface area contributed by atoms with E-state index in [4.69, 9.17) is 9.47 Å². The number of alkyl halides is 3. The Morgan fingerprint density at radius 3 is 2.48 bits per heavy atom.